The Balaban J connectivity index is 2.34. The number of hydrogen-bond acceptors (Lipinski definition) is 5. The van der Waals surface area contributed by atoms with E-state index in [1.165, 1.54) is 6.20 Å². The number of aromatic nitrogens is 4. The number of nitrogens with one attached hydrogen (secondary N) is 2. The van der Waals surface area contributed by atoms with E-state index < -0.39 is 12.8 Å². The van der Waals surface area contributed by atoms with Gasteiger partial charge in [0.1, 0.15) is 5.39 Å². The topological polar surface area (TPSA) is 75.7 Å². The molecule has 2 aromatic heterocycles. The summed E-state index contributed by atoms with van der Waals surface area (Å²) < 4.78 is 40.7. The Bertz CT molecular complexity index is 523. The van der Waals surface area contributed by atoms with Crippen molar-refractivity contribution in [2.24, 2.45) is 0 Å². The molecule has 0 atom stereocenters. The van der Waals surface area contributed by atoms with Gasteiger partial charge in [-0.05, 0) is 0 Å². The first-order chi connectivity index (χ1) is 7.99. The molecule has 0 amide bonds. The van der Waals surface area contributed by atoms with Gasteiger partial charge in [-0.25, -0.2) is 0 Å². The Kier molecular flexibility index (Phi) is 2.74. The Morgan fingerprint density at radius 2 is 2.18 bits per heavy atom. The number of rotatable bonds is 3. The number of hydrogen-bond donors (Lipinski definition) is 2. The largest absolute Gasteiger partial charge is 0.467 e. The summed E-state index contributed by atoms with van der Waals surface area (Å²) in [6, 6.07) is 0. The first kappa shape index (κ1) is 11.4. The standard InChI is InChI=1S/C8H8F3N5O/c1-12-7-14-5-4(2-13-16-5)6(15-7)17-3-8(9,10)11/h2H,3H2,1H3,(H2,12,13,14,15,16). The summed E-state index contributed by atoms with van der Waals surface area (Å²) in [6.45, 7) is -1.41. The Morgan fingerprint density at radius 3 is 2.82 bits per heavy atom. The monoisotopic (exact) mass is 247 g/mol. The predicted molar refractivity (Wildman–Crippen MR) is 52.8 cm³/mol. The van der Waals surface area contributed by atoms with Crippen molar-refractivity contribution in [3.63, 3.8) is 0 Å². The Labute approximate surface area is 93.2 Å². The van der Waals surface area contributed by atoms with Crippen LogP contribution in [0.1, 0.15) is 0 Å². The average Bonchev–Trinajstić information content (AvgIpc) is 2.72. The van der Waals surface area contributed by atoms with Crippen molar-refractivity contribution in [2.45, 2.75) is 6.18 Å². The maximum absolute atomic E-state index is 12.0. The number of halogens is 3. The second-order valence-electron chi connectivity index (χ2n) is 3.14. The van der Waals surface area contributed by atoms with E-state index >= 15 is 0 Å². The molecule has 0 radical (unpaired) electrons. The van der Waals surface area contributed by atoms with E-state index in [9.17, 15) is 13.2 Å². The molecule has 0 saturated heterocycles. The molecule has 0 aliphatic rings. The van der Waals surface area contributed by atoms with Gasteiger partial charge in [0.2, 0.25) is 11.8 Å². The highest BCUT2D eigenvalue weighted by molar-refractivity contribution is 5.80. The molecule has 6 nitrogen and oxygen atoms in total. The number of nitrogens with zero attached hydrogens (tertiary/aromatic N) is 3. The highest BCUT2D eigenvalue weighted by Crippen LogP contribution is 2.24. The molecular formula is C8H8F3N5O. The van der Waals surface area contributed by atoms with Crippen LogP contribution >= 0.6 is 0 Å². The third-order valence-corrected chi connectivity index (χ3v) is 1.87. The summed E-state index contributed by atoms with van der Waals surface area (Å²) in [7, 11) is 1.55. The molecule has 2 heterocycles. The van der Waals surface area contributed by atoms with Gasteiger partial charge in [-0.15, -0.1) is 0 Å². The SMILES string of the molecule is CNc1nc(OCC(F)(F)F)c2cn[nH]c2n1. The van der Waals surface area contributed by atoms with Crippen molar-refractivity contribution in [3.05, 3.63) is 6.20 Å². The normalized spacial score (nSPS) is 11.8. The molecule has 2 aromatic rings. The van der Waals surface area contributed by atoms with Gasteiger partial charge in [-0.3, -0.25) is 5.10 Å². The number of ether oxygens (including phenoxy) is 1. The zero-order valence-electron chi connectivity index (χ0n) is 8.67. The molecule has 2 N–H and O–H groups in total. The number of H-pyrrole nitrogens is 1. The smallest absolute Gasteiger partial charge is 0.422 e. The quantitative estimate of drug-likeness (QED) is 0.855. The minimum atomic E-state index is -4.42. The first-order valence-electron chi connectivity index (χ1n) is 4.58. The van der Waals surface area contributed by atoms with E-state index in [-0.39, 0.29) is 11.8 Å². The molecule has 9 heteroatoms. The first-order valence-corrected chi connectivity index (χ1v) is 4.58. The van der Waals surface area contributed by atoms with Crippen LogP contribution in [0.15, 0.2) is 6.20 Å². The van der Waals surface area contributed by atoms with Crippen LogP contribution < -0.4 is 10.1 Å². The minimum absolute atomic E-state index is 0.152. The molecule has 92 valence electrons. The number of fused-ring (bicyclic) bond motifs is 1. The fourth-order valence-electron chi connectivity index (χ4n) is 1.18. The van der Waals surface area contributed by atoms with E-state index in [4.69, 9.17) is 0 Å². The van der Waals surface area contributed by atoms with Crippen LogP contribution in [0.2, 0.25) is 0 Å². The maximum atomic E-state index is 12.0. The summed E-state index contributed by atoms with van der Waals surface area (Å²) in [5, 5.41) is 9.11. The molecular weight excluding hydrogens is 239 g/mol. The second kappa shape index (κ2) is 4.07. The predicted octanol–water partition coefficient (Wildman–Crippen LogP) is 1.34. The molecule has 0 saturated carbocycles. The van der Waals surface area contributed by atoms with Gasteiger partial charge < -0.3 is 10.1 Å². The Morgan fingerprint density at radius 1 is 1.41 bits per heavy atom. The van der Waals surface area contributed by atoms with Crippen molar-refractivity contribution >= 4 is 17.0 Å². The Hall–Kier alpha value is -2.06. The molecule has 0 bridgehead atoms. The maximum Gasteiger partial charge on any atom is 0.422 e. The molecule has 17 heavy (non-hydrogen) atoms. The average molecular weight is 247 g/mol. The summed E-state index contributed by atoms with van der Waals surface area (Å²) in [6.07, 6.45) is -3.11. The van der Waals surface area contributed by atoms with Gasteiger partial charge in [-0.1, -0.05) is 0 Å². The van der Waals surface area contributed by atoms with Gasteiger partial charge in [0, 0.05) is 7.05 Å². The van der Waals surface area contributed by atoms with E-state index in [1.807, 2.05) is 0 Å². The third-order valence-electron chi connectivity index (χ3n) is 1.87. The highest BCUT2D eigenvalue weighted by atomic mass is 19.4. The molecule has 2 rings (SSSR count). The molecule has 0 aliphatic carbocycles. The summed E-state index contributed by atoms with van der Waals surface area (Å²) in [4.78, 5) is 7.75. The molecule has 0 aromatic carbocycles. The van der Waals surface area contributed by atoms with E-state index in [1.54, 1.807) is 7.05 Å². The van der Waals surface area contributed by atoms with Crippen molar-refractivity contribution in [1.82, 2.24) is 20.2 Å². The van der Waals surface area contributed by atoms with Crippen LogP contribution in [-0.2, 0) is 0 Å². The van der Waals surface area contributed by atoms with E-state index in [0.29, 0.717) is 11.0 Å². The van der Waals surface area contributed by atoms with Gasteiger partial charge in [0.25, 0.3) is 0 Å². The molecule has 0 fully saturated rings. The minimum Gasteiger partial charge on any atom is -0.467 e. The highest BCUT2D eigenvalue weighted by Gasteiger charge is 2.29. The van der Waals surface area contributed by atoms with Crippen LogP contribution in [0.5, 0.6) is 5.88 Å². The van der Waals surface area contributed by atoms with Crippen LogP contribution in [0.4, 0.5) is 19.1 Å². The van der Waals surface area contributed by atoms with Crippen molar-refractivity contribution in [3.8, 4) is 5.88 Å². The lowest BCUT2D eigenvalue weighted by Crippen LogP contribution is -2.20. The summed E-state index contributed by atoms with van der Waals surface area (Å²) in [5.74, 6) is -0.00986. The zero-order chi connectivity index (χ0) is 12.5. The lowest BCUT2D eigenvalue weighted by atomic mass is 10.4. The fourth-order valence-corrected chi connectivity index (χ4v) is 1.18. The van der Waals surface area contributed by atoms with Crippen LogP contribution in [0.3, 0.4) is 0 Å². The molecule has 0 unspecified atom stereocenters. The van der Waals surface area contributed by atoms with Gasteiger partial charge in [0.15, 0.2) is 12.3 Å². The molecule has 0 aliphatic heterocycles. The zero-order valence-corrected chi connectivity index (χ0v) is 8.67. The lowest BCUT2D eigenvalue weighted by molar-refractivity contribution is -0.153. The van der Waals surface area contributed by atoms with Crippen molar-refractivity contribution < 1.29 is 17.9 Å². The number of alkyl halides is 3. The summed E-state index contributed by atoms with van der Waals surface area (Å²) >= 11 is 0. The number of aromatic amines is 1. The second-order valence-corrected chi connectivity index (χ2v) is 3.14. The van der Waals surface area contributed by atoms with E-state index in [0.717, 1.165) is 0 Å². The van der Waals surface area contributed by atoms with Gasteiger partial charge in [-0.2, -0.15) is 28.2 Å². The van der Waals surface area contributed by atoms with E-state index in [2.05, 4.69) is 30.2 Å². The van der Waals surface area contributed by atoms with Gasteiger partial charge >= 0.3 is 6.18 Å². The lowest BCUT2D eigenvalue weighted by Gasteiger charge is -2.09. The number of anilines is 1. The van der Waals surface area contributed by atoms with Crippen LogP contribution in [-0.4, -0.2) is 40.0 Å². The molecule has 0 spiro atoms. The fraction of sp³-hybridized carbons (Fsp3) is 0.375. The van der Waals surface area contributed by atoms with Crippen molar-refractivity contribution in [1.29, 1.82) is 0 Å². The third kappa shape index (κ3) is 2.55. The summed E-state index contributed by atoms with van der Waals surface area (Å²) in [5.41, 5.74) is 0.307. The van der Waals surface area contributed by atoms with Crippen LogP contribution in [0.25, 0.3) is 11.0 Å². The van der Waals surface area contributed by atoms with Crippen molar-refractivity contribution in [2.75, 3.05) is 19.0 Å². The van der Waals surface area contributed by atoms with Gasteiger partial charge in [0.05, 0.1) is 6.20 Å². The van der Waals surface area contributed by atoms with Crippen LogP contribution in [0, 0.1) is 0 Å².